The first-order chi connectivity index (χ1) is 6.45. The molecule has 1 aromatic rings. The van der Waals surface area contributed by atoms with E-state index in [2.05, 4.69) is 4.98 Å². The monoisotopic (exact) mass is 195 g/mol. The van der Waals surface area contributed by atoms with E-state index < -0.39 is 5.91 Å². The van der Waals surface area contributed by atoms with Gasteiger partial charge in [-0.1, -0.05) is 6.07 Å². The predicted molar refractivity (Wildman–Crippen MR) is 57.3 cm³/mol. The number of nitrogens with zero attached hydrogens (tertiary/aromatic N) is 2. The minimum atomic E-state index is -1.36. The summed E-state index contributed by atoms with van der Waals surface area (Å²) in [4.78, 5) is 5.83. The molecule has 6 N–H and O–H groups in total. The Balaban J connectivity index is 2.96. The summed E-state index contributed by atoms with van der Waals surface area (Å²) in [6.07, 6.45) is 1.75. The van der Waals surface area contributed by atoms with Gasteiger partial charge >= 0.3 is 0 Å². The molecule has 78 valence electrons. The summed E-state index contributed by atoms with van der Waals surface area (Å²) in [5.41, 5.74) is 17.9. The first-order valence-corrected chi connectivity index (χ1v) is 4.52. The van der Waals surface area contributed by atoms with Crippen LogP contribution in [0.3, 0.4) is 0 Å². The number of pyridine rings is 1. The Morgan fingerprint density at radius 2 is 2.00 bits per heavy atom. The van der Waals surface area contributed by atoms with E-state index in [1.54, 1.807) is 11.1 Å². The van der Waals surface area contributed by atoms with Crippen molar-refractivity contribution in [1.29, 1.82) is 0 Å². The molecule has 5 heteroatoms. The van der Waals surface area contributed by atoms with Crippen molar-refractivity contribution in [3.63, 3.8) is 0 Å². The fraction of sp³-hybridized carbons (Fsp3) is 0.444. The first-order valence-electron chi connectivity index (χ1n) is 4.52. The molecule has 1 aromatic heterocycles. The second-order valence-corrected chi connectivity index (χ2v) is 3.33. The molecule has 0 amide bonds. The molecule has 5 nitrogen and oxygen atoms in total. The van der Waals surface area contributed by atoms with Crippen LogP contribution >= 0.6 is 0 Å². The summed E-state index contributed by atoms with van der Waals surface area (Å²) in [5.74, 6) is -0.678. The van der Waals surface area contributed by atoms with Crippen molar-refractivity contribution < 1.29 is 0 Å². The number of nitrogens with two attached hydrogens (primary N) is 3. The summed E-state index contributed by atoms with van der Waals surface area (Å²) >= 11 is 0. The lowest BCUT2D eigenvalue weighted by Gasteiger charge is -2.34. The van der Waals surface area contributed by atoms with Gasteiger partial charge in [0.15, 0.2) is 5.91 Å². The van der Waals surface area contributed by atoms with Gasteiger partial charge in [-0.2, -0.15) is 0 Å². The van der Waals surface area contributed by atoms with Crippen LogP contribution < -0.4 is 22.1 Å². The van der Waals surface area contributed by atoms with E-state index in [-0.39, 0.29) is 0 Å². The van der Waals surface area contributed by atoms with Gasteiger partial charge in [-0.25, -0.2) is 4.98 Å². The highest BCUT2D eigenvalue weighted by molar-refractivity contribution is 5.41. The van der Waals surface area contributed by atoms with Crippen molar-refractivity contribution in [3.05, 3.63) is 23.9 Å². The Kier molecular flexibility index (Phi) is 3.05. The lowest BCUT2D eigenvalue weighted by molar-refractivity contribution is 0.431. The number of aromatic nitrogens is 1. The van der Waals surface area contributed by atoms with Crippen LogP contribution in [0.25, 0.3) is 0 Å². The third kappa shape index (κ3) is 2.41. The molecule has 0 aliphatic carbocycles. The first kappa shape index (κ1) is 10.9. The molecule has 0 aromatic carbocycles. The fourth-order valence-electron chi connectivity index (χ4n) is 1.25. The van der Waals surface area contributed by atoms with Gasteiger partial charge in [0, 0.05) is 12.7 Å². The highest BCUT2D eigenvalue weighted by atomic mass is 15.4. The number of hydrogen-bond donors (Lipinski definition) is 3. The Bertz CT molecular complexity index is 287. The quantitative estimate of drug-likeness (QED) is 0.576. The van der Waals surface area contributed by atoms with Crippen LogP contribution in [0, 0.1) is 6.92 Å². The molecule has 0 fully saturated rings. The number of rotatable bonds is 3. The van der Waals surface area contributed by atoms with Gasteiger partial charge < -0.3 is 4.90 Å². The molecular weight excluding hydrogens is 178 g/mol. The number of anilines is 1. The van der Waals surface area contributed by atoms with Crippen molar-refractivity contribution in [3.8, 4) is 0 Å². The largest absolute Gasteiger partial charge is 0.314 e. The molecule has 0 atom stereocenters. The average molecular weight is 195 g/mol. The molecule has 0 aliphatic rings. The fourth-order valence-corrected chi connectivity index (χ4v) is 1.25. The zero-order valence-electron chi connectivity index (χ0n) is 8.57. The van der Waals surface area contributed by atoms with Crippen molar-refractivity contribution in [2.75, 3.05) is 11.4 Å². The van der Waals surface area contributed by atoms with Gasteiger partial charge in [0.25, 0.3) is 0 Å². The molecule has 0 bridgehead atoms. The highest BCUT2D eigenvalue weighted by Gasteiger charge is 2.22. The minimum absolute atomic E-state index is 0.611. The van der Waals surface area contributed by atoms with Gasteiger partial charge in [0.05, 0.1) is 0 Å². The lowest BCUT2D eigenvalue weighted by Crippen LogP contribution is -2.70. The van der Waals surface area contributed by atoms with E-state index in [1.165, 1.54) is 0 Å². The van der Waals surface area contributed by atoms with Crippen LogP contribution in [0.15, 0.2) is 18.3 Å². The van der Waals surface area contributed by atoms with Crippen molar-refractivity contribution in [2.45, 2.75) is 19.8 Å². The molecule has 0 saturated heterocycles. The zero-order chi connectivity index (χ0) is 10.8. The molecule has 1 rings (SSSR count). The summed E-state index contributed by atoms with van der Waals surface area (Å²) in [6, 6.07) is 3.79. The molecule has 14 heavy (non-hydrogen) atoms. The van der Waals surface area contributed by atoms with Crippen LogP contribution in [-0.4, -0.2) is 17.4 Å². The number of aryl methyl sites for hydroxylation is 1. The third-order valence-electron chi connectivity index (χ3n) is 1.96. The average Bonchev–Trinajstić information content (AvgIpc) is 2.07. The standard InChI is InChI=1S/C9H17N5/c1-3-14(9(10,11)12)8-5-4-7(2)6-13-8/h4-6H,3,10-12H2,1-2H3. The topological polar surface area (TPSA) is 94.2 Å². The Morgan fingerprint density at radius 1 is 1.36 bits per heavy atom. The van der Waals surface area contributed by atoms with Gasteiger partial charge in [-0.05, 0) is 25.5 Å². The van der Waals surface area contributed by atoms with Gasteiger partial charge in [0.1, 0.15) is 5.82 Å². The molecule has 1 heterocycles. The second-order valence-electron chi connectivity index (χ2n) is 3.33. The molecule has 0 spiro atoms. The van der Waals surface area contributed by atoms with Crippen molar-refractivity contribution in [1.82, 2.24) is 4.98 Å². The van der Waals surface area contributed by atoms with E-state index in [0.29, 0.717) is 12.4 Å². The van der Waals surface area contributed by atoms with E-state index in [0.717, 1.165) is 5.56 Å². The van der Waals surface area contributed by atoms with Crippen LogP contribution in [0.4, 0.5) is 5.82 Å². The van der Waals surface area contributed by atoms with Crippen LogP contribution in [-0.2, 0) is 0 Å². The molecular formula is C9H17N5. The lowest BCUT2D eigenvalue weighted by atomic mass is 10.3. The van der Waals surface area contributed by atoms with Crippen LogP contribution in [0.1, 0.15) is 12.5 Å². The summed E-state index contributed by atoms with van der Waals surface area (Å²) < 4.78 is 0. The highest BCUT2D eigenvalue weighted by Crippen LogP contribution is 2.12. The van der Waals surface area contributed by atoms with E-state index in [1.807, 2.05) is 26.0 Å². The summed E-state index contributed by atoms with van der Waals surface area (Å²) in [5, 5.41) is 0. The molecule has 0 aliphatic heterocycles. The molecule has 0 unspecified atom stereocenters. The molecule has 0 radical (unpaired) electrons. The Hall–Kier alpha value is -1.17. The summed E-state index contributed by atoms with van der Waals surface area (Å²) in [6.45, 7) is 4.50. The normalized spacial score (nSPS) is 11.5. The predicted octanol–water partition coefficient (Wildman–Crippen LogP) is -0.296. The van der Waals surface area contributed by atoms with Gasteiger partial charge in [-0.3, -0.25) is 17.2 Å². The smallest absolute Gasteiger partial charge is 0.198 e. The van der Waals surface area contributed by atoms with Crippen molar-refractivity contribution in [2.24, 2.45) is 17.2 Å². The molecule has 0 saturated carbocycles. The maximum absolute atomic E-state index is 5.60. The maximum atomic E-state index is 5.60. The maximum Gasteiger partial charge on any atom is 0.198 e. The SMILES string of the molecule is CCN(c1ccc(C)cn1)C(N)(N)N. The Morgan fingerprint density at radius 3 is 2.36 bits per heavy atom. The van der Waals surface area contributed by atoms with Crippen LogP contribution in [0.2, 0.25) is 0 Å². The van der Waals surface area contributed by atoms with E-state index in [4.69, 9.17) is 17.2 Å². The van der Waals surface area contributed by atoms with Crippen molar-refractivity contribution >= 4 is 5.82 Å². The minimum Gasteiger partial charge on any atom is -0.314 e. The number of hydrogen-bond acceptors (Lipinski definition) is 5. The van der Waals surface area contributed by atoms with E-state index >= 15 is 0 Å². The van der Waals surface area contributed by atoms with E-state index in [9.17, 15) is 0 Å². The zero-order valence-corrected chi connectivity index (χ0v) is 8.57. The Labute approximate surface area is 83.9 Å². The van der Waals surface area contributed by atoms with Gasteiger partial charge in [0.2, 0.25) is 0 Å². The second kappa shape index (κ2) is 3.91. The third-order valence-corrected chi connectivity index (χ3v) is 1.96. The van der Waals surface area contributed by atoms with Crippen LogP contribution in [0.5, 0.6) is 0 Å². The summed E-state index contributed by atoms with van der Waals surface area (Å²) in [7, 11) is 0. The van der Waals surface area contributed by atoms with Gasteiger partial charge in [-0.15, -0.1) is 0 Å².